The van der Waals surface area contributed by atoms with Gasteiger partial charge in [-0.2, -0.15) is 18.2 Å². The number of hydrogen-bond acceptors (Lipinski definition) is 1. The van der Waals surface area contributed by atoms with E-state index in [4.69, 9.17) is 5.11 Å². The fourth-order valence-corrected chi connectivity index (χ4v) is 0.816. The molecule has 1 N–H and O–H groups in total. The molecule has 0 saturated carbocycles. The number of rotatable bonds is 2. The van der Waals surface area contributed by atoms with Crippen LogP contribution < -0.4 is 0 Å². The molecular weight excluding hydrogens is 268 g/mol. The van der Waals surface area contributed by atoms with Gasteiger partial charge in [-0.05, 0) is 6.42 Å². The monoisotopic (exact) mass is 288 g/mol. The van der Waals surface area contributed by atoms with E-state index >= 15 is 0 Å². The van der Waals surface area contributed by atoms with Gasteiger partial charge in [-0.3, -0.25) is 4.79 Å². The summed E-state index contributed by atoms with van der Waals surface area (Å²) in [6.07, 6.45) is 0.718. The molecule has 0 aromatic heterocycles. The molecule has 2 rings (SSSR count). The van der Waals surface area contributed by atoms with Crippen LogP contribution in [-0.2, 0) is 21.9 Å². The van der Waals surface area contributed by atoms with Gasteiger partial charge in [0.25, 0.3) is 0 Å². The number of hydrogen-bond donors (Lipinski definition) is 1. The molecule has 3 heteroatoms. The van der Waals surface area contributed by atoms with Crippen LogP contribution in [0.1, 0.15) is 20.3 Å². The van der Waals surface area contributed by atoms with Crippen LogP contribution in [0.25, 0.3) is 0 Å². The Labute approximate surface area is 120 Å². The molecule has 0 fully saturated rings. The zero-order valence-corrected chi connectivity index (χ0v) is 11.9. The second-order valence-electron chi connectivity index (χ2n) is 3.57. The molecule has 0 aliphatic heterocycles. The number of carboxylic acid groups (broad SMARTS) is 1. The molecule has 2 aromatic rings. The van der Waals surface area contributed by atoms with Crippen molar-refractivity contribution in [2.45, 2.75) is 20.3 Å². The van der Waals surface area contributed by atoms with Gasteiger partial charge in [0.15, 0.2) is 0 Å². The minimum atomic E-state index is -0.706. The summed E-state index contributed by atoms with van der Waals surface area (Å²) in [5.41, 5.74) is 0. The van der Waals surface area contributed by atoms with E-state index in [-0.39, 0.29) is 23.0 Å². The topological polar surface area (TPSA) is 37.3 Å². The Morgan fingerprint density at radius 2 is 1.50 bits per heavy atom. The predicted octanol–water partition coefficient (Wildman–Crippen LogP) is 3.93. The van der Waals surface area contributed by atoms with Crippen molar-refractivity contribution in [1.82, 2.24) is 0 Å². The first kappa shape index (κ1) is 19.0. The maximum atomic E-state index is 9.93. The predicted molar refractivity (Wildman–Crippen MR) is 71.2 cm³/mol. The first-order valence-electron chi connectivity index (χ1n) is 5.74. The fourth-order valence-electron chi connectivity index (χ4n) is 0.816. The molecule has 1 unspecified atom stereocenters. The summed E-state index contributed by atoms with van der Waals surface area (Å²) in [5.74, 6) is -0.887. The van der Waals surface area contributed by atoms with Crippen molar-refractivity contribution in [2.75, 3.05) is 0 Å². The van der Waals surface area contributed by atoms with Crippen molar-refractivity contribution in [3.05, 3.63) is 60.7 Å². The smallest absolute Gasteiger partial charge is 0.306 e. The summed E-state index contributed by atoms with van der Waals surface area (Å²) in [6, 6.07) is 20.0. The summed E-state index contributed by atoms with van der Waals surface area (Å²) in [5, 5.41) is 8.18. The quantitative estimate of drug-likeness (QED) is 0.671. The summed E-state index contributed by atoms with van der Waals surface area (Å²) in [7, 11) is 0. The van der Waals surface area contributed by atoms with Gasteiger partial charge in [-0.1, -0.05) is 13.8 Å². The van der Waals surface area contributed by atoms with Crippen LogP contribution in [0.4, 0.5) is 0 Å². The van der Waals surface area contributed by atoms with Gasteiger partial charge >= 0.3 is 5.97 Å². The van der Waals surface area contributed by atoms with Gasteiger partial charge in [0.1, 0.15) is 0 Å². The number of carbonyl (C=O) groups is 1. The zero-order chi connectivity index (χ0) is 12.9. The first-order valence-corrected chi connectivity index (χ1v) is 5.74. The second-order valence-corrected chi connectivity index (χ2v) is 3.57. The maximum Gasteiger partial charge on any atom is 0.306 e. The Morgan fingerprint density at radius 1 is 1.11 bits per heavy atom. The van der Waals surface area contributed by atoms with Crippen molar-refractivity contribution >= 4 is 5.97 Å². The van der Waals surface area contributed by atoms with Crippen LogP contribution >= 0.6 is 0 Å². The molecule has 106 valence electrons. The minimum Gasteiger partial charge on any atom is -0.748 e. The van der Waals surface area contributed by atoms with E-state index in [0.29, 0.717) is 0 Å². The standard InChI is InChI=1S/C5H10O2.2C5H5.Fe/c1-3-4(2)5(6)7;2*1-2-4-5-3-1;/h4H,3H2,1-2H3,(H,6,7);2*1-5H;/q;-5;-1;. The van der Waals surface area contributed by atoms with Gasteiger partial charge < -0.3 is 35.4 Å². The average Bonchev–Trinajstić information content (AvgIpc) is 3.04. The summed E-state index contributed by atoms with van der Waals surface area (Å²) in [6.45, 7) is 3.56. The largest absolute Gasteiger partial charge is 0.748 e. The van der Waals surface area contributed by atoms with Gasteiger partial charge in [0, 0.05) is 17.1 Å². The van der Waals surface area contributed by atoms with E-state index in [1.54, 1.807) is 6.92 Å². The van der Waals surface area contributed by atoms with Crippen LogP contribution in [0.5, 0.6) is 0 Å². The molecular formula is C15H20FeO2-6. The first-order chi connectivity index (χ1) is 8.18. The molecule has 2 nitrogen and oxygen atoms in total. The Bertz CT molecular complexity index is 278. The van der Waals surface area contributed by atoms with Crippen LogP contribution in [0.2, 0.25) is 0 Å². The Kier molecular flexibility index (Phi) is 14.5. The third-order valence-electron chi connectivity index (χ3n) is 2.15. The number of carboxylic acids is 1. The van der Waals surface area contributed by atoms with Crippen LogP contribution in [0.3, 0.4) is 0 Å². The molecule has 0 aliphatic carbocycles. The fraction of sp³-hybridized carbons (Fsp3) is 0.267. The molecule has 0 bridgehead atoms. The van der Waals surface area contributed by atoms with Gasteiger partial charge in [-0.25, -0.2) is 12.1 Å². The Morgan fingerprint density at radius 3 is 1.61 bits per heavy atom. The number of aliphatic carboxylic acids is 1. The summed E-state index contributed by atoms with van der Waals surface area (Å²) >= 11 is 0. The van der Waals surface area contributed by atoms with Crippen molar-refractivity contribution in [2.24, 2.45) is 5.92 Å². The van der Waals surface area contributed by atoms with Crippen molar-refractivity contribution in [3.63, 3.8) is 0 Å². The SMILES string of the molecule is CCC(C)C(=O)O.[Fe].[cH-]1[cH-][cH-][cH-][cH-]1.c1cc[cH-]c1. The van der Waals surface area contributed by atoms with Gasteiger partial charge in [0.2, 0.25) is 0 Å². The Hall–Kier alpha value is -1.31. The van der Waals surface area contributed by atoms with Crippen LogP contribution in [0, 0.1) is 5.92 Å². The molecule has 0 amide bonds. The Balaban J connectivity index is 0. The van der Waals surface area contributed by atoms with Gasteiger partial charge in [0.05, 0.1) is 5.92 Å². The zero-order valence-electron chi connectivity index (χ0n) is 10.8. The normalized spacial score (nSPS) is 9.67. The van der Waals surface area contributed by atoms with E-state index in [1.807, 2.05) is 67.6 Å². The molecule has 1 atom stereocenters. The van der Waals surface area contributed by atoms with Crippen LogP contribution in [0.15, 0.2) is 60.7 Å². The van der Waals surface area contributed by atoms with Crippen molar-refractivity contribution in [1.29, 1.82) is 0 Å². The van der Waals surface area contributed by atoms with Gasteiger partial charge in [-0.15, -0.1) is 0 Å². The molecule has 0 saturated heterocycles. The molecule has 2 aromatic carbocycles. The summed E-state index contributed by atoms with van der Waals surface area (Å²) < 4.78 is 0. The van der Waals surface area contributed by atoms with E-state index in [2.05, 4.69) is 0 Å². The molecule has 0 spiro atoms. The molecule has 18 heavy (non-hydrogen) atoms. The van der Waals surface area contributed by atoms with E-state index in [1.165, 1.54) is 0 Å². The molecule has 0 radical (unpaired) electrons. The average molecular weight is 288 g/mol. The second kappa shape index (κ2) is 13.8. The van der Waals surface area contributed by atoms with Crippen molar-refractivity contribution < 1.29 is 27.0 Å². The minimum absolute atomic E-state index is 0. The third kappa shape index (κ3) is 12.8. The van der Waals surface area contributed by atoms with Crippen LogP contribution in [-0.4, -0.2) is 11.1 Å². The van der Waals surface area contributed by atoms with E-state index in [0.717, 1.165) is 6.42 Å². The molecule has 0 heterocycles. The van der Waals surface area contributed by atoms with Crippen molar-refractivity contribution in [3.8, 4) is 0 Å². The summed E-state index contributed by atoms with van der Waals surface area (Å²) in [4.78, 5) is 9.93. The molecule has 0 aliphatic rings. The third-order valence-corrected chi connectivity index (χ3v) is 2.15. The maximum absolute atomic E-state index is 9.93. The van der Waals surface area contributed by atoms with E-state index < -0.39 is 5.97 Å². The van der Waals surface area contributed by atoms with E-state index in [9.17, 15) is 4.79 Å².